The lowest BCUT2D eigenvalue weighted by atomic mass is 10.1. The Bertz CT molecular complexity index is 427. The molecule has 0 unspecified atom stereocenters. The summed E-state index contributed by atoms with van der Waals surface area (Å²) in [6.45, 7) is 5.50. The van der Waals surface area contributed by atoms with Gasteiger partial charge in [0.1, 0.15) is 0 Å². The molecule has 1 aliphatic heterocycles. The van der Waals surface area contributed by atoms with E-state index in [2.05, 4.69) is 32.8 Å². The molecule has 2 rings (SSSR count). The lowest BCUT2D eigenvalue weighted by Crippen LogP contribution is -2.32. The maximum absolute atomic E-state index is 12.1. The molecule has 1 heterocycles. The van der Waals surface area contributed by atoms with Crippen LogP contribution < -0.4 is 0 Å². The van der Waals surface area contributed by atoms with Gasteiger partial charge in [-0.15, -0.1) is 0 Å². The van der Waals surface area contributed by atoms with Gasteiger partial charge in [0.2, 0.25) is 0 Å². The molecular formula is C16H23BrN2O. The van der Waals surface area contributed by atoms with E-state index in [4.69, 9.17) is 0 Å². The van der Waals surface area contributed by atoms with Crippen molar-refractivity contribution >= 4 is 21.7 Å². The monoisotopic (exact) mass is 338 g/mol. The van der Waals surface area contributed by atoms with Crippen molar-refractivity contribution in [1.29, 1.82) is 0 Å². The van der Waals surface area contributed by atoms with Gasteiger partial charge in [-0.3, -0.25) is 4.79 Å². The summed E-state index contributed by atoms with van der Waals surface area (Å²) in [5.74, 6) is 0.227. The van der Waals surface area contributed by atoms with Crippen molar-refractivity contribution in [1.82, 2.24) is 9.80 Å². The summed E-state index contributed by atoms with van der Waals surface area (Å²) in [6.07, 6.45) is 3.27. The summed E-state index contributed by atoms with van der Waals surface area (Å²) in [5.41, 5.74) is 0.807. The normalized spacial score (nSPS) is 15.9. The van der Waals surface area contributed by atoms with Crippen LogP contribution in [0.5, 0.6) is 0 Å². The minimum Gasteiger partial charge on any atom is -0.305 e. The summed E-state index contributed by atoms with van der Waals surface area (Å²) in [5, 5.41) is 0. The van der Waals surface area contributed by atoms with Gasteiger partial charge in [-0.25, -0.2) is 0 Å². The van der Waals surface area contributed by atoms with Crippen molar-refractivity contribution < 1.29 is 4.79 Å². The standard InChI is InChI=1S/C16H23BrN2O/c1-18(12-13-19-9-2-3-10-19)11-8-16(20)14-4-6-15(17)7-5-14/h4-7H,2-3,8-13H2,1H3. The van der Waals surface area contributed by atoms with Crippen molar-refractivity contribution in [2.45, 2.75) is 19.3 Å². The summed E-state index contributed by atoms with van der Waals surface area (Å²) < 4.78 is 1.01. The second-order valence-corrected chi connectivity index (χ2v) is 6.45. The second kappa shape index (κ2) is 7.91. The molecule has 0 bridgehead atoms. The number of likely N-dealkylation sites (tertiary alicyclic amines) is 1. The van der Waals surface area contributed by atoms with E-state index >= 15 is 0 Å². The topological polar surface area (TPSA) is 23.6 Å². The first-order chi connectivity index (χ1) is 9.65. The zero-order valence-corrected chi connectivity index (χ0v) is 13.7. The van der Waals surface area contributed by atoms with Gasteiger partial charge in [-0.1, -0.05) is 28.1 Å². The summed E-state index contributed by atoms with van der Waals surface area (Å²) in [4.78, 5) is 16.8. The number of Topliss-reactive ketones (excluding diaryl/α,β-unsaturated/α-hetero) is 1. The molecule has 1 fully saturated rings. The Labute approximate surface area is 130 Å². The highest BCUT2D eigenvalue weighted by Gasteiger charge is 2.12. The van der Waals surface area contributed by atoms with E-state index in [1.165, 1.54) is 25.9 Å². The molecule has 1 aliphatic rings. The first-order valence-corrected chi connectivity index (χ1v) is 8.14. The van der Waals surface area contributed by atoms with E-state index in [9.17, 15) is 4.79 Å². The summed E-state index contributed by atoms with van der Waals surface area (Å²) in [7, 11) is 2.10. The van der Waals surface area contributed by atoms with Gasteiger partial charge in [-0.05, 0) is 45.1 Å². The molecule has 0 radical (unpaired) electrons. The second-order valence-electron chi connectivity index (χ2n) is 5.53. The lowest BCUT2D eigenvalue weighted by Gasteiger charge is -2.20. The fourth-order valence-electron chi connectivity index (χ4n) is 2.50. The van der Waals surface area contributed by atoms with Crippen LogP contribution in [-0.4, -0.2) is 55.4 Å². The maximum Gasteiger partial charge on any atom is 0.164 e. The smallest absolute Gasteiger partial charge is 0.164 e. The number of nitrogens with zero attached hydrogens (tertiary/aromatic N) is 2. The van der Waals surface area contributed by atoms with Gasteiger partial charge >= 0.3 is 0 Å². The molecule has 0 amide bonds. The number of halogens is 1. The van der Waals surface area contributed by atoms with Crippen LogP contribution in [0.4, 0.5) is 0 Å². The number of likely N-dealkylation sites (N-methyl/N-ethyl adjacent to an activating group) is 1. The largest absolute Gasteiger partial charge is 0.305 e. The highest BCUT2D eigenvalue weighted by molar-refractivity contribution is 9.10. The van der Waals surface area contributed by atoms with E-state index < -0.39 is 0 Å². The minimum atomic E-state index is 0.227. The van der Waals surface area contributed by atoms with Gasteiger partial charge in [-0.2, -0.15) is 0 Å². The summed E-state index contributed by atoms with van der Waals surface area (Å²) in [6, 6.07) is 7.61. The van der Waals surface area contributed by atoms with E-state index in [1.807, 2.05) is 24.3 Å². The molecule has 0 N–H and O–H groups in total. The molecule has 0 atom stereocenters. The predicted octanol–water partition coefficient (Wildman–Crippen LogP) is 3.05. The lowest BCUT2D eigenvalue weighted by molar-refractivity contribution is 0.0967. The Hall–Kier alpha value is -0.710. The van der Waals surface area contributed by atoms with Crippen LogP contribution in [0.1, 0.15) is 29.6 Å². The third-order valence-corrected chi connectivity index (χ3v) is 4.41. The molecule has 4 heteroatoms. The Morgan fingerprint density at radius 1 is 1.20 bits per heavy atom. The molecular weight excluding hydrogens is 316 g/mol. The Kier molecular flexibility index (Phi) is 6.20. The minimum absolute atomic E-state index is 0.227. The number of carbonyl (C=O) groups excluding carboxylic acids is 1. The van der Waals surface area contributed by atoms with Crippen molar-refractivity contribution in [3.8, 4) is 0 Å². The highest BCUT2D eigenvalue weighted by atomic mass is 79.9. The van der Waals surface area contributed by atoms with Gasteiger partial charge in [0, 0.05) is 36.1 Å². The van der Waals surface area contributed by atoms with Gasteiger partial charge < -0.3 is 9.80 Å². The average Bonchev–Trinajstić information content (AvgIpc) is 2.96. The van der Waals surface area contributed by atoms with Crippen LogP contribution in [0.2, 0.25) is 0 Å². The summed E-state index contributed by atoms with van der Waals surface area (Å²) >= 11 is 3.39. The number of rotatable bonds is 7. The molecule has 1 aromatic carbocycles. The highest BCUT2D eigenvalue weighted by Crippen LogP contribution is 2.12. The Balaban J connectivity index is 1.68. The number of hydrogen-bond donors (Lipinski definition) is 0. The fraction of sp³-hybridized carbons (Fsp3) is 0.562. The molecule has 0 aromatic heterocycles. The molecule has 1 aromatic rings. The molecule has 1 saturated heterocycles. The average molecular weight is 339 g/mol. The first-order valence-electron chi connectivity index (χ1n) is 7.35. The Morgan fingerprint density at radius 3 is 2.50 bits per heavy atom. The van der Waals surface area contributed by atoms with E-state index in [-0.39, 0.29) is 5.78 Å². The van der Waals surface area contributed by atoms with Crippen LogP contribution in [0.15, 0.2) is 28.7 Å². The van der Waals surface area contributed by atoms with Crippen molar-refractivity contribution in [3.05, 3.63) is 34.3 Å². The third kappa shape index (κ3) is 5.00. The predicted molar refractivity (Wildman–Crippen MR) is 86.3 cm³/mol. The van der Waals surface area contributed by atoms with Crippen LogP contribution in [0.3, 0.4) is 0 Å². The molecule has 3 nitrogen and oxygen atoms in total. The quantitative estimate of drug-likeness (QED) is 0.714. The van der Waals surface area contributed by atoms with Crippen molar-refractivity contribution in [2.75, 3.05) is 39.8 Å². The third-order valence-electron chi connectivity index (χ3n) is 3.88. The zero-order chi connectivity index (χ0) is 14.4. The fourth-order valence-corrected chi connectivity index (χ4v) is 2.77. The van der Waals surface area contributed by atoms with E-state index in [1.54, 1.807) is 0 Å². The Morgan fingerprint density at radius 2 is 1.85 bits per heavy atom. The zero-order valence-electron chi connectivity index (χ0n) is 12.1. The number of ketones is 1. The van der Waals surface area contributed by atoms with E-state index in [0.29, 0.717) is 6.42 Å². The molecule has 20 heavy (non-hydrogen) atoms. The van der Waals surface area contributed by atoms with Crippen LogP contribution in [-0.2, 0) is 0 Å². The molecule has 110 valence electrons. The van der Waals surface area contributed by atoms with Crippen LogP contribution in [0, 0.1) is 0 Å². The number of carbonyl (C=O) groups is 1. The SMILES string of the molecule is CN(CCC(=O)c1ccc(Br)cc1)CCN1CCCC1. The van der Waals surface area contributed by atoms with E-state index in [0.717, 1.165) is 29.7 Å². The van der Waals surface area contributed by atoms with Crippen LogP contribution >= 0.6 is 15.9 Å². The first kappa shape index (κ1) is 15.7. The van der Waals surface area contributed by atoms with Crippen LogP contribution in [0.25, 0.3) is 0 Å². The van der Waals surface area contributed by atoms with Crippen molar-refractivity contribution in [3.63, 3.8) is 0 Å². The number of benzene rings is 1. The maximum atomic E-state index is 12.1. The van der Waals surface area contributed by atoms with Gasteiger partial charge in [0.05, 0.1) is 0 Å². The molecule has 0 spiro atoms. The number of hydrogen-bond acceptors (Lipinski definition) is 3. The molecule has 0 aliphatic carbocycles. The van der Waals surface area contributed by atoms with Gasteiger partial charge in [0.15, 0.2) is 5.78 Å². The van der Waals surface area contributed by atoms with Crippen molar-refractivity contribution in [2.24, 2.45) is 0 Å². The molecule has 0 saturated carbocycles. The van der Waals surface area contributed by atoms with Gasteiger partial charge in [0.25, 0.3) is 0 Å².